The summed E-state index contributed by atoms with van der Waals surface area (Å²) in [6, 6.07) is 7.90. The van der Waals surface area contributed by atoms with Gasteiger partial charge in [-0.25, -0.2) is 0 Å². The number of fused-ring (bicyclic) bond motifs is 1. The zero-order valence-corrected chi connectivity index (χ0v) is 12.8. The maximum absolute atomic E-state index is 12.0. The van der Waals surface area contributed by atoms with Crippen LogP contribution in [0.5, 0.6) is 0 Å². The first-order valence-corrected chi connectivity index (χ1v) is 7.34. The summed E-state index contributed by atoms with van der Waals surface area (Å²) in [6.07, 6.45) is 0.640. The molecule has 1 aromatic carbocycles. The number of carbonyl (C=O) groups excluding carboxylic acids is 2. The van der Waals surface area contributed by atoms with Gasteiger partial charge in [-0.3, -0.25) is 9.59 Å². The van der Waals surface area contributed by atoms with Gasteiger partial charge in [0.05, 0.1) is 12.5 Å². The van der Waals surface area contributed by atoms with Crippen LogP contribution in [0.2, 0.25) is 0 Å². The molecule has 0 fully saturated rings. The minimum absolute atomic E-state index is 0.0100. The fraction of sp³-hybridized carbons (Fsp3) is 0.500. The van der Waals surface area contributed by atoms with Gasteiger partial charge in [-0.1, -0.05) is 18.2 Å². The summed E-state index contributed by atoms with van der Waals surface area (Å²) < 4.78 is 0. The summed E-state index contributed by atoms with van der Waals surface area (Å²) in [4.78, 5) is 25.8. The monoisotopic (exact) mass is 289 g/mol. The number of carbonyl (C=O) groups is 2. The first kappa shape index (κ1) is 15.4. The molecule has 0 saturated heterocycles. The van der Waals surface area contributed by atoms with Crippen LogP contribution in [0.1, 0.15) is 38.7 Å². The minimum Gasteiger partial charge on any atom is -0.369 e. The number of amides is 2. The van der Waals surface area contributed by atoms with E-state index in [9.17, 15) is 9.59 Å². The van der Waals surface area contributed by atoms with Crippen molar-refractivity contribution < 1.29 is 9.59 Å². The van der Waals surface area contributed by atoms with Crippen molar-refractivity contribution in [1.29, 1.82) is 0 Å². The molecule has 2 atom stereocenters. The Morgan fingerprint density at radius 3 is 2.67 bits per heavy atom. The second kappa shape index (κ2) is 6.16. The van der Waals surface area contributed by atoms with Crippen LogP contribution < -0.4 is 16.0 Å². The zero-order chi connectivity index (χ0) is 15.6. The van der Waals surface area contributed by atoms with Gasteiger partial charge in [0, 0.05) is 17.8 Å². The molecule has 1 aliphatic rings. The first-order valence-electron chi connectivity index (χ1n) is 7.34. The molecule has 3 N–H and O–H groups in total. The van der Waals surface area contributed by atoms with Crippen LogP contribution in [0.4, 0.5) is 5.69 Å². The Morgan fingerprint density at radius 2 is 2.05 bits per heavy atom. The summed E-state index contributed by atoms with van der Waals surface area (Å²) in [5.74, 6) is -0.592. The largest absolute Gasteiger partial charge is 0.369 e. The Hall–Kier alpha value is -2.04. The van der Waals surface area contributed by atoms with Gasteiger partial charge in [0.1, 0.15) is 0 Å². The lowest BCUT2D eigenvalue weighted by molar-refractivity contribution is -0.120. The molecule has 0 spiro atoms. The van der Waals surface area contributed by atoms with E-state index < -0.39 is 0 Å². The second-order valence-corrected chi connectivity index (χ2v) is 5.95. The lowest BCUT2D eigenvalue weighted by Gasteiger charge is -2.39. The van der Waals surface area contributed by atoms with Crippen LogP contribution >= 0.6 is 0 Å². The molecule has 2 rings (SSSR count). The molecule has 5 nitrogen and oxygen atoms in total. The highest BCUT2D eigenvalue weighted by Crippen LogP contribution is 2.37. The van der Waals surface area contributed by atoms with Gasteiger partial charge in [0.15, 0.2) is 0 Å². The van der Waals surface area contributed by atoms with Crippen LogP contribution in [0, 0.1) is 0 Å². The van der Waals surface area contributed by atoms with Gasteiger partial charge < -0.3 is 16.0 Å². The molecule has 1 heterocycles. The molecule has 1 aromatic rings. The predicted molar refractivity (Wildman–Crippen MR) is 83.1 cm³/mol. The van der Waals surface area contributed by atoms with Crippen LogP contribution in [0.15, 0.2) is 24.3 Å². The molecule has 0 saturated carbocycles. The van der Waals surface area contributed by atoms with Gasteiger partial charge in [0.2, 0.25) is 11.8 Å². The number of hydrogen-bond donors (Lipinski definition) is 2. The normalized spacial score (nSPS) is 21.0. The average molecular weight is 289 g/mol. The maximum atomic E-state index is 12.0. The Bertz CT molecular complexity index is 542. The fourth-order valence-corrected chi connectivity index (χ4v) is 2.91. The number of rotatable bonds is 4. The van der Waals surface area contributed by atoms with Gasteiger partial charge in [0.25, 0.3) is 0 Å². The standard InChI is InChI=1S/C16H23N3O2/c1-10(2)18-15(20)9-19-11(3)8-13(16(17)21)12-6-4-5-7-14(12)19/h4-7,10-11,13H,8-9H2,1-3H3,(H2,17,21)(H,18,20)/t11-,13-/m1/s1. The van der Waals surface area contributed by atoms with Crippen molar-refractivity contribution in [2.75, 3.05) is 11.4 Å². The molecule has 0 radical (unpaired) electrons. The lowest BCUT2D eigenvalue weighted by Crippen LogP contribution is -2.47. The van der Waals surface area contributed by atoms with Gasteiger partial charge in [-0.2, -0.15) is 0 Å². The first-order chi connectivity index (χ1) is 9.90. The zero-order valence-electron chi connectivity index (χ0n) is 12.8. The Kier molecular flexibility index (Phi) is 4.50. The third-order valence-corrected chi connectivity index (χ3v) is 3.84. The number of para-hydroxylation sites is 1. The molecular formula is C16H23N3O2. The SMILES string of the molecule is CC(C)NC(=O)CN1c2ccccc2[C@H](C(N)=O)C[C@H]1C. The van der Waals surface area contributed by atoms with Crippen LogP contribution in [-0.2, 0) is 9.59 Å². The van der Waals surface area contributed by atoms with Crippen molar-refractivity contribution in [2.45, 2.75) is 45.2 Å². The van der Waals surface area contributed by atoms with Crippen LogP contribution in [-0.4, -0.2) is 30.4 Å². The molecule has 0 unspecified atom stereocenters. The van der Waals surface area contributed by atoms with E-state index in [1.807, 2.05) is 49.9 Å². The molecule has 5 heteroatoms. The third-order valence-electron chi connectivity index (χ3n) is 3.84. The number of hydrogen-bond acceptors (Lipinski definition) is 3. The van der Waals surface area contributed by atoms with Crippen molar-refractivity contribution in [3.05, 3.63) is 29.8 Å². The Labute approximate surface area is 125 Å². The average Bonchev–Trinajstić information content (AvgIpc) is 2.40. The molecule has 2 amide bonds. The summed E-state index contributed by atoms with van der Waals surface area (Å²) in [6.45, 7) is 6.19. The van der Waals surface area contributed by atoms with Gasteiger partial charge in [-0.15, -0.1) is 0 Å². The van der Waals surface area contributed by atoms with Crippen LogP contribution in [0.25, 0.3) is 0 Å². The summed E-state index contributed by atoms with van der Waals surface area (Å²) in [5, 5.41) is 2.90. The molecule has 114 valence electrons. The van der Waals surface area contributed by atoms with Crippen molar-refractivity contribution in [3.63, 3.8) is 0 Å². The van der Waals surface area contributed by atoms with Crippen molar-refractivity contribution in [3.8, 4) is 0 Å². The van der Waals surface area contributed by atoms with E-state index in [0.29, 0.717) is 13.0 Å². The highest BCUT2D eigenvalue weighted by molar-refractivity contribution is 5.87. The maximum Gasteiger partial charge on any atom is 0.239 e. The molecule has 0 bridgehead atoms. The number of nitrogens with two attached hydrogens (primary N) is 1. The van der Waals surface area contributed by atoms with E-state index in [4.69, 9.17) is 5.73 Å². The topological polar surface area (TPSA) is 75.4 Å². The third kappa shape index (κ3) is 3.35. The number of anilines is 1. The quantitative estimate of drug-likeness (QED) is 0.879. The Morgan fingerprint density at radius 1 is 1.38 bits per heavy atom. The van der Waals surface area contributed by atoms with E-state index in [-0.39, 0.29) is 29.8 Å². The second-order valence-electron chi connectivity index (χ2n) is 5.95. The molecule has 21 heavy (non-hydrogen) atoms. The molecule has 0 aliphatic carbocycles. The Balaban J connectivity index is 2.28. The van der Waals surface area contributed by atoms with E-state index in [1.54, 1.807) is 0 Å². The summed E-state index contributed by atoms with van der Waals surface area (Å²) in [5.41, 5.74) is 7.37. The van der Waals surface area contributed by atoms with E-state index >= 15 is 0 Å². The van der Waals surface area contributed by atoms with E-state index in [0.717, 1.165) is 11.3 Å². The number of nitrogens with zero attached hydrogens (tertiary/aromatic N) is 1. The van der Waals surface area contributed by atoms with Gasteiger partial charge >= 0.3 is 0 Å². The lowest BCUT2D eigenvalue weighted by atomic mass is 9.85. The van der Waals surface area contributed by atoms with E-state index in [1.165, 1.54) is 0 Å². The number of benzene rings is 1. The molecule has 0 aromatic heterocycles. The van der Waals surface area contributed by atoms with Gasteiger partial charge in [-0.05, 0) is 38.8 Å². The number of primary amides is 1. The highest BCUT2D eigenvalue weighted by atomic mass is 16.2. The fourth-order valence-electron chi connectivity index (χ4n) is 2.91. The van der Waals surface area contributed by atoms with Crippen molar-refractivity contribution in [1.82, 2.24) is 5.32 Å². The smallest absolute Gasteiger partial charge is 0.239 e. The van der Waals surface area contributed by atoms with E-state index in [2.05, 4.69) is 5.32 Å². The van der Waals surface area contributed by atoms with Crippen LogP contribution in [0.3, 0.4) is 0 Å². The summed E-state index contributed by atoms with van der Waals surface area (Å²) in [7, 11) is 0. The molecular weight excluding hydrogens is 266 g/mol. The summed E-state index contributed by atoms with van der Waals surface area (Å²) >= 11 is 0. The van der Waals surface area contributed by atoms with Crippen molar-refractivity contribution >= 4 is 17.5 Å². The predicted octanol–water partition coefficient (Wildman–Crippen LogP) is 1.38. The number of nitrogens with one attached hydrogen (secondary N) is 1. The molecule has 1 aliphatic heterocycles. The van der Waals surface area contributed by atoms with Crippen molar-refractivity contribution in [2.24, 2.45) is 5.73 Å². The minimum atomic E-state index is -0.305. The highest BCUT2D eigenvalue weighted by Gasteiger charge is 2.33.